The second-order valence-corrected chi connectivity index (χ2v) is 7.03. The second kappa shape index (κ2) is 7.85. The molecular formula is C19H29N5O. The molecule has 0 radical (unpaired) electrons. The lowest BCUT2D eigenvalue weighted by Crippen LogP contribution is -2.39. The quantitative estimate of drug-likeness (QED) is 0.874. The van der Waals surface area contributed by atoms with Gasteiger partial charge in [-0.15, -0.1) is 0 Å². The van der Waals surface area contributed by atoms with Gasteiger partial charge in [0, 0.05) is 37.6 Å². The molecule has 1 aliphatic heterocycles. The number of likely N-dealkylation sites (tertiary alicyclic amines) is 1. The fraction of sp³-hybridized carbons (Fsp3) is 0.632. The van der Waals surface area contributed by atoms with Crippen molar-refractivity contribution < 1.29 is 4.79 Å². The van der Waals surface area contributed by atoms with Crippen LogP contribution in [0.3, 0.4) is 0 Å². The summed E-state index contributed by atoms with van der Waals surface area (Å²) in [4.78, 5) is 22.4. The molecule has 3 rings (SSSR count). The molecule has 1 aliphatic rings. The van der Waals surface area contributed by atoms with Gasteiger partial charge >= 0.3 is 0 Å². The summed E-state index contributed by atoms with van der Waals surface area (Å²) in [5.41, 5.74) is 1.76. The van der Waals surface area contributed by atoms with Crippen molar-refractivity contribution in [1.82, 2.24) is 24.6 Å². The highest BCUT2D eigenvalue weighted by atomic mass is 16.2. The van der Waals surface area contributed by atoms with Crippen molar-refractivity contribution in [1.29, 1.82) is 0 Å². The van der Waals surface area contributed by atoms with Crippen LogP contribution in [0.4, 0.5) is 0 Å². The van der Waals surface area contributed by atoms with Crippen molar-refractivity contribution in [3.63, 3.8) is 0 Å². The van der Waals surface area contributed by atoms with E-state index >= 15 is 0 Å². The Hall–Kier alpha value is -2.11. The van der Waals surface area contributed by atoms with E-state index in [1.807, 2.05) is 22.7 Å². The Balaban J connectivity index is 1.61. The van der Waals surface area contributed by atoms with E-state index in [0.717, 1.165) is 62.3 Å². The lowest BCUT2D eigenvalue weighted by Gasteiger charge is -2.31. The van der Waals surface area contributed by atoms with Crippen LogP contribution in [0.15, 0.2) is 18.6 Å². The molecule has 2 aromatic rings. The summed E-state index contributed by atoms with van der Waals surface area (Å²) >= 11 is 0. The Kier molecular flexibility index (Phi) is 5.56. The lowest BCUT2D eigenvalue weighted by molar-refractivity contribution is 0.0689. The van der Waals surface area contributed by atoms with E-state index in [9.17, 15) is 4.79 Å². The van der Waals surface area contributed by atoms with Crippen LogP contribution in [0.1, 0.15) is 67.4 Å². The summed E-state index contributed by atoms with van der Waals surface area (Å²) in [6.45, 7) is 7.99. The van der Waals surface area contributed by atoms with E-state index < -0.39 is 0 Å². The Morgan fingerprint density at radius 1 is 1.32 bits per heavy atom. The fourth-order valence-corrected chi connectivity index (χ4v) is 3.83. The van der Waals surface area contributed by atoms with Crippen LogP contribution in [-0.2, 0) is 6.42 Å². The lowest BCUT2D eigenvalue weighted by atomic mass is 9.93. The number of aromatic nitrogens is 4. The molecule has 0 aromatic carbocycles. The summed E-state index contributed by atoms with van der Waals surface area (Å²) < 4.78 is 2.02. The zero-order chi connectivity index (χ0) is 17.8. The van der Waals surface area contributed by atoms with Crippen molar-refractivity contribution in [2.24, 2.45) is 5.92 Å². The van der Waals surface area contributed by atoms with Crippen LogP contribution in [0.5, 0.6) is 0 Å². The van der Waals surface area contributed by atoms with Crippen molar-refractivity contribution in [2.45, 2.75) is 58.9 Å². The summed E-state index contributed by atoms with van der Waals surface area (Å²) in [6, 6.07) is 0.376. The molecule has 0 unspecified atom stereocenters. The van der Waals surface area contributed by atoms with Crippen LogP contribution in [0.2, 0.25) is 0 Å². The van der Waals surface area contributed by atoms with Crippen LogP contribution >= 0.6 is 0 Å². The van der Waals surface area contributed by atoms with Gasteiger partial charge in [0.25, 0.3) is 5.91 Å². The van der Waals surface area contributed by atoms with E-state index in [1.165, 1.54) is 0 Å². The number of hydrogen-bond acceptors (Lipinski definition) is 3. The van der Waals surface area contributed by atoms with Crippen LogP contribution in [0.25, 0.3) is 0 Å². The number of aromatic amines is 1. The number of nitrogens with zero attached hydrogens (tertiary/aromatic N) is 4. The zero-order valence-corrected chi connectivity index (χ0v) is 15.5. The monoisotopic (exact) mass is 343 g/mol. The SMILES string of the molecule is CCC(CC)n1ncc(C(=O)N2CCC(Cc3ncc[nH]3)CC2)c1C. The maximum atomic E-state index is 12.9. The van der Waals surface area contributed by atoms with E-state index in [1.54, 1.807) is 12.4 Å². The van der Waals surface area contributed by atoms with Gasteiger partial charge in [-0.2, -0.15) is 5.10 Å². The molecule has 25 heavy (non-hydrogen) atoms. The van der Waals surface area contributed by atoms with Gasteiger partial charge in [0.15, 0.2) is 0 Å². The summed E-state index contributed by atoms with van der Waals surface area (Å²) in [6.07, 6.45) is 10.5. The van der Waals surface area contributed by atoms with Crippen molar-refractivity contribution in [3.05, 3.63) is 35.7 Å². The predicted molar refractivity (Wildman–Crippen MR) is 97.5 cm³/mol. The van der Waals surface area contributed by atoms with E-state index in [2.05, 4.69) is 28.9 Å². The van der Waals surface area contributed by atoms with Crippen molar-refractivity contribution in [2.75, 3.05) is 13.1 Å². The van der Waals surface area contributed by atoms with E-state index in [4.69, 9.17) is 0 Å². The zero-order valence-electron chi connectivity index (χ0n) is 15.5. The first-order valence-corrected chi connectivity index (χ1v) is 9.45. The molecule has 0 atom stereocenters. The first-order valence-electron chi connectivity index (χ1n) is 9.45. The highest BCUT2D eigenvalue weighted by Gasteiger charge is 2.27. The Bertz CT molecular complexity index is 679. The summed E-state index contributed by atoms with van der Waals surface area (Å²) in [7, 11) is 0. The highest BCUT2D eigenvalue weighted by molar-refractivity contribution is 5.95. The number of hydrogen-bond donors (Lipinski definition) is 1. The maximum absolute atomic E-state index is 12.9. The number of rotatable bonds is 6. The number of imidazole rings is 1. The number of amides is 1. The van der Waals surface area contributed by atoms with Gasteiger partial charge in [-0.1, -0.05) is 13.8 Å². The third-order valence-corrected chi connectivity index (χ3v) is 5.50. The van der Waals surface area contributed by atoms with Gasteiger partial charge in [0.2, 0.25) is 0 Å². The number of H-pyrrole nitrogens is 1. The average molecular weight is 343 g/mol. The molecule has 0 aliphatic carbocycles. The second-order valence-electron chi connectivity index (χ2n) is 7.03. The van der Waals surface area contributed by atoms with Crippen molar-refractivity contribution in [3.8, 4) is 0 Å². The maximum Gasteiger partial charge on any atom is 0.257 e. The molecule has 6 nitrogen and oxygen atoms in total. The molecule has 3 heterocycles. The standard InChI is InChI=1S/C19H29N5O/c1-4-16(5-2)24-14(3)17(13-22-24)19(25)23-10-6-15(7-11-23)12-18-20-8-9-21-18/h8-9,13,15-16H,4-7,10-12H2,1-3H3,(H,20,21). The van der Waals surface area contributed by atoms with Gasteiger partial charge in [0.1, 0.15) is 5.82 Å². The number of carbonyl (C=O) groups is 1. The molecule has 0 saturated carbocycles. The van der Waals surface area contributed by atoms with E-state index in [0.29, 0.717) is 12.0 Å². The average Bonchev–Trinajstić information content (AvgIpc) is 3.27. The molecule has 6 heteroatoms. The summed E-state index contributed by atoms with van der Waals surface area (Å²) in [5.74, 6) is 1.78. The topological polar surface area (TPSA) is 66.8 Å². The molecule has 1 saturated heterocycles. The molecule has 2 aromatic heterocycles. The summed E-state index contributed by atoms with van der Waals surface area (Å²) in [5, 5.41) is 4.50. The smallest absolute Gasteiger partial charge is 0.257 e. The third-order valence-electron chi connectivity index (χ3n) is 5.50. The minimum absolute atomic E-state index is 0.131. The van der Waals surface area contributed by atoms with Gasteiger partial charge in [-0.3, -0.25) is 9.48 Å². The number of piperidine rings is 1. The Labute approximate surface area is 149 Å². The van der Waals surface area contributed by atoms with Gasteiger partial charge in [-0.25, -0.2) is 4.98 Å². The molecular weight excluding hydrogens is 314 g/mol. The normalized spacial score (nSPS) is 15.9. The molecule has 0 bridgehead atoms. The van der Waals surface area contributed by atoms with Crippen LogP contribution < -0.4 is 0 Å². The van der Waals surface area contributed by atoms with Crippen molar-refractivity contribution >= 4 is 5.91 Å². The molecule has 1 amide bonds. The first kappa shape index (κ1) is 17.7. The first-order chi connectivity index (χ1) is 12.1. The minimum atomic E-state index is 0.131. The Morgan fingerprint density at radius 2 is 2.04 bits per heavy atom. The largest absolute Gasteiger partial charge is 0.349 e. The molecule has 1 fully saturated rings. The molecule has 136 valence electrons. The van der Waals surface area contributed by atoms with E-state index in [-0.39, 0.29) is 5.91 Å². The molecule has 0 spiro atoms. The Morgan fingerprint density at radius 3 is 2.64 bits per heavy atom. The fourth-order valence-electron chi connectivity index (χ4n) is 3.83. The molecule has 1 N–H and O–H groups in total. The predicted octanol–water partition coefficient (Wildman–Crippen LogP) is 3.37. The third kappa shape index (κ3) is 3.78. The highest BCUT2D eigenvalue weighted by Crippen LogP contribution is 2.24. The number of carbonyl (C=O) groups excluding carboxylic acids is 1. The van der Waals surface area contributed by atoms with Gasteiger partial charge in [-0.05, 0) is 38.5 Å². The van der Waals surface area contributed by atoms with Gasteiger partial charge in [0.05, 0.1) is 17.8 Å². The van der Waals surface area contributed by atoms with Gasteiger partial charge < -0.3 is 9.88 Å². The van der Waals surface area contributed by atoms with Crippen LogP contribution in [0, 0.1) is 12.8 Å². The minimum Gasteiger partial charge on any atom is -0.349 e. The number of nitrogens with one attached hydrogen (secondary N) is 1. The van der Waals surface area contributed by atoms with Crippen LogP contribution in [-0.4, -0.2) is 43.6 Å².